The Hall–Kier alpha value is -2.38. The van der Waals surface area contributed by atoms with Crippen LogP contribution in [-0.2, 0) is 23.8 Å². The van der Waals surface area contributed by atoms with Gasteiger partial charge >= 0.3 is 6.18 Å². The molecule has 0 radical (unpaired) electrons. The lowest BCUT2D eigenvalue weighted by Crippen LogP contribution is -2.28. The van der Waals surface area contributed by atoms with Gasteiger partial charge in [-0.2, -0.15) is 18.2 Å². The largest absolute Gasteiger partial charge is 0.416 e. The van der Waals surface area contributed by atoms with Crippen molar-refractivity contribution in [2.45, 2.75) is 38.8 Å². The highest BCUT2D eigenvalue weighted by Crippen LogP contribution is 2.31. The lowest BCUT2D eigenvalue weighted by Gasteiger charge is -2.12. The second-order valence-corrected chi connectivity index (χ2v) is 5.63. The predicted octanol–water partition coefficient (Wildman–Crippen LogP) is 3.11. The SMILES string of the molecule is CC(C)c1noc(CCNC(=O)Cc2ccccc2C(F)(F)F)n1. The Balaban J connectivity index is 1.88. The highest BCUT2D eigenvalue weighted by molar-refractivity contribution is 5.79. The summed E-state index contributed by atoms with van der Waals surface area (Å²) in [6, 6.07) is 5.04. The quantitative estimate of drug-likeness (QED) is 0.877. The summed E-state index contributed by atoms with van der Waals surface area (Å²) in [7, 11) is 0. The van der Waals surface area contributed by atoms with Crippen LogP contribution in [0.3, 0.4) is 0 Å². The van der Waals surface area contributed by atoms with Crippen molar-refractivity contribution in [3.05, 3.63) is 47.1 Å². The summed E-state index contributed by atoms with van der Waals surface area (Å²) in [5, 5.41) is 6.36. The number of hydrogen-bond donors (Lipinski definition) is 1. The summed E-state index contributed by atoms with van der Waals surface area (Å²) in [6.07, 6.45) is -4.49. The molecule has 1 heterocycles. The molecule has 130 valence electrons. The maximum Gasteiger partial charge on any atom is 0.416 e. The zero-order valence-corrected chi connectivity index (χ0v) is 13.4. The standard InChI is InChI=1S/C16H18F3N3O2/c1-10(2)15-21-14(24-22-15)7-8-20-13(23)9-11-5-3-4-6-12(11)16(17,18)19/h3-6,10H,7-9H2,1-2H3,(H,20,23). The Bertz CT molecular complexity index is 696. The van der Waals surface area contributed by atoms with Gasteiger partial charge < -0.3 is 9.84 Å². The summed E-state index contributed by atoms with van der Waals surface area (Å²) in [5.41, 5.74) is -0.846. The summed E-state index contributed by atoms with van der Waals surface area (Å²) >= 11 is 0. The van der Waals surface area contributed by atoms with Gasteiger partial charge in [-0.3, -0.25) is 4.79 Å². The Morgan fingerprint density at radius 1 is 1.29 bits per heavy atom. The van der Waals surface area contributed by atoms with Gasteiger partial charge in [0.2, 0.25) is 11.8 Å². The van der Waals surface area contributed by atoms with Gasteiger partial charge in [-0.25, -0.2) is 0 Å². The number of benzene rings is 1. The van der Waals surface area contributed by atoms with E-state index in [4.69, 9.17) is 4.52 Å². The van der Waals surface area contributed by atoms with Crippen LogP contribution in [0, 0.1) is 0 Å². The molecule has 1 aromatic heterocycles. The molecule has 5 nitrogen and oxygen atoms in total. The third-order valence-electron chi connectivity index (χ3n) is 3.34. The second kappa shape index (κ2) is 7.46. The highest BCUT2D eigenvalue weighted by Gasteiger charge is 2.33. The highest BCUT2D eigenvalue weighted by atomic mass is 19.4. The molecule has 0 aliphatic heterocycles. The van der Waals surface area contributed by atoms with Gasteiger partial charge in [-0.1, -0.05) is 37.2 Å². The van der Waals surface area contributed by atoms with E-state index in [1.165, 1.54) is 18.2 Å². The van der Waals surface area contributed by atoms with E-state index in [1.807, 2.05) is 13.8 Å². The smallest absolute Gasteiger partial charge is 0.355 e. The maximum absolute atomic E-state index is 12.9. The van der Waals surface area contributed by atoms with Gasteiger partial charge in [0.15, 0.2) is 5.82 Å². The Morgan fingerprint density at radius 3 is 2.62 bits per heavy atom. The van der Waals surface area contributed by atoms with Crippen LogP contribution in [0.4, 0.5) is 13.2 Å². The first-order valence-corrected chi connectivity index (χ1v) is 7.51. The lowest BCUT2D eigenvalue weighted by atomic mass is 10.0. The lowest BCUT2D eigenvalue weighted by molar-refractivity contribution is -0.138. The van der Waals surface area contributed by atoms with E-state index in [0.717, 1.165) is 6.07 Å². The molecule has 24 heavy (non-hydrogen) atoms. The van der Waals surface area contributed by atoms with E-state index < -0.39 is 17.6 Å². The van der Waals surface area contributed by atoms with Crippen molar-refractivity contribution in [2.24, 2.45) is 0 Å². The van der Waals surface area contributed by atoms with Gasteiger partial charge in [0.25, 0.3) is 0 Å². The molecule has 0 fully saturated rings. The molecule has 0 unspecified atom stereocenters. The first-order valence-electron chi connectivity index (χ1n) is 7.51. The molecular formula is C16H18F3N3O2. The monoisotopic (exact) mass is 341 g/mol. The number of carbonyl (C=O) groups excluding carboxylic acids is 1. The average molecular weight is 341 g/mol. The number of nitrogens with one attached hydrogen (secondary N) is 1. The normalized spacial score (nSPS) is 11.8. The number of alkyl halides is 3. The summed E-state index contributed by atoms with van der Waals surface area (Å²) in [6.45, 7) is 4.07. The second-order valence-electron chi connectivity index (χ2n) is 5.63. The number of nitrogens with zero attached hydrogens (tertiary/aromatic N) is 2. The Kier molecular flexibility index (Phi) is 5.58. The molecule has 0 spiro atoms. The van der Waals surface area contributed by atoms with Gasteiger partial charge in [0.1, 0.15) is 0 Å². The molecule has 1 aromatic carbocycles. The molecule has 0 aliphatic carbocycles. The van der Waals surface area contributed by atoms with Crippen LogP contribution in [0.5, 0.6) is 0 Å². The first-order chi connectivity index (χ1) is 11.3. The van der Waals surface area contributed by atoms with Crippen molar-refractivity contribution in [3.8, 4) is 0 Å². The zero-order valence-electron chi connectivity index (χ0n) is 13.4. The van der Waals surface area contributed by atoms with Crippen molar-refractivity contribution in [1.29, 1.82) is 0 Å². The molecule has 0 saturated heterocycles. The van der Waals surface area contributed by atoms with Crippen LogP contribution < -0.4 is 5.32 Å². The Morgan fingerprint density at radius 2 is 2.00 bits per heavy atom. The molecule has 2 aromatic rings. The van der Waals surface area contributed by atoms with Crippen molar-refractivity contribution in [2.75, 3.05) is 6.54 Å². The van der Waals surface area contributed by atoms with Crippen molar-refractivity contribution in [1.82, 2.24) is 15.5 Å². The van der Waals surface area contributed by atoms with Crippen molar-refractivity contribution in [3.63, 3.8) is 0 Å². The molecule has 0 saturated carbocycles. The number of aromatic nitrogens is 2. The molecule has 1 N–H and O–H groups in total. The number of hydrogen-bond acceptors (Lipinski definition) is 4. The number of halogens is 3. The minimum Gasteiger partial charge on any atom is -0.355 e. The van der Waals surface area contributed by atoms with Gasteiger partial charge in [0, 0.05) is 18.9 Å². The summed E-state index contributed by atoms with van der Waals surface area (Å²) in [4.78, 5) is 16.0. The van der Waals surface area contributed by atoms with E-state index in [-0.39, 0.29) is 24.4 Å². The first kappa shape index (κ1) is 18.0. The van der Waals surface area contributed by atoms with Crippen LogP contribution in [-0.4, -0.2) is 22.6 Å². The average Bonchev–Trinajstić information content (AvgIpc) is 2.96. The molecular weight excluding hydrogens is 323 g/mol. The summed E-state index contributed by atoms with van der Waals surface area (Å²) < 4.78 is 43.7. The van der Waals surface area contributed by atoms with Crippen LogP contribution in [0.25, 0.3) is 0 Å². The van der Waals surface area contributed by atoms with Crippen molar-refractivity contribution >= 4 is 5.91 Å². The fraction of sp³-hybridized carbons (Fsp3) is 0.438. The molecule has 8 heteroatoms. The van der Waals surface area contributed by atoms with E-state index in [1.54, 1.807) is 0 Å². The zero-order chi connectivity index (χ0) is 17.7. The van der Waals surface area contributed by atoms with E-state index in [2.05, 4.69) is 15.5 Å². The van der Waals surface area contributed by atoms with E-state index in [0.29, 0.717) is 18.1 Å². The predicted molar refractivity (Wildman–Crippen MR) is 80.2 cm³/mol. The molecule has 2 rings (SSSR count). The molecule has 0 bridgehead atoms. The van der Waals surface area contributed by atoms with Gasteiger partial charge in [-0.05, 0) is 11.6 Å². The molecule has 1 amide bonds. The topological polar surface area (TPSA) is 68.0 Å². The van der Waals surface area contributed by atoms with Crippen molar-refractivity contribution < 1.29 is 22.5 Å². The maximum atomic E-state index is 12.9. The van der Waals surface area contributed by atoms with E-state index >= 15 is 0 Å². The van der Waals surface area contributed by atoms with Crippen LogP contribution in [0.15, 0.2) is 28.8 Å². The number of amides is 1. The fourth-order valence-corrected chi connectivity index (χ4v) is 2.10. The third-order valence-corrected chi connectivity index (χ3v) is 3.34. The molecule has 0 atom stereocenters. The number of rotatable bonds is 6. The minimum atomic E-state index is -4.48. The van der Waals surface area contributed by atoms with Crippen LogP contribution in [0.1, 0.15) is 42.6 Å². The summed E-state index contributed by atoms with van der Waals surface area (Å²) in [5.74, 6) is 0.608. The minimum absolute atomic E-state index is 0.0533. The van der Waals surface area contributed by atoms with Gasteiger partial charge in [-0.15, -0.1) is 0 Å². The van der Waals surface area contributed by atoms with E-state index in [9.17, 15) is 18.0 Å². The molecule has 0 aliphatic rings. The van der Waals surface area contributed by atoms with Crippen LogP contribution in [0.2, 0.25) is 0 Å². The fourth-order valence-electron chi connectivity index (χ4n) is 2.10. The third kappa shape index (κ3) is 4.81. The number of carbonyl (C=O) groups is 1. The van der Waals surface area contributed by atoms with Gasteiger partial charge in [0.05, 0.1) is 12.0 Å². The Labute approximate surface area is 137 Å². The van der Waals surface area contributed by atoms with Crippen LogP contribution >= 0.6 is 0 Å².